The largest absolute Gasteiger partial charge is 0.387 e. The van der Waals surface area contributed by atoms with Crippen molar-refractivity contribution in [3.05, 3.63) is 71.9 Å². The van der Waals surface area contributed by atoms with E-state index in [2.05, 4.69) is 20.4 Å². The predicted molar refractivity (Wildman–Crippen MR) is 87.6 cm³/mol. The van der Waals surface area contributed by atoms with Crippen LogP contribution in [0.1, 0.15) is 27.6 Å². The molecule has 1 amide bonds. The second kappa shape index (κ2) is 7.01. The minimum absolute atomic E-state index is 0.130. The van der Waals surface area contributed by atoms with Gasteiger partial charge in [-0.2, -0.15) is 5.10 Å². The van der Waals surface area contributed by atoms with E-state index < -0.39 is 6.10 Å². The number of aromatic nitrogens is 4. The molecule has 1 unspecified atom stereocenters. The van der Waals surface area contributed by atoms with E-state index in [4.69, 9.17) is 0 Å². The van der Waals surface area contributed by atoms with Crippen LogP contribution in [0.4, 0.5) is 0 Å². The Bertz CT molecular complexity index is 833. The molecule has 3 aromatic rings. The van der Waals surface area contributed by atoms with E-state index in [-0.39, 0.29) is 12.5 Å². The number of benzene rings is 1. The maximum Gasteiger partial charge on any atom is 0.251 e. The van der Waals surface area contributed by atoms with Crippen molar-refractivity contribution in [2.24, 2.45) is 0 Å². The van der Waals surface area contributed by atoms with Gasteiger partial charge in [0.05, 0.1) is 6.10 Å². The molecule has 0 aliphatic carbocycles. The fourth-order valence-electron chi connectivity index (χ4n) is 2.37. The van der Waals surface area contributed by atoms with Crippen molar-refractivity contribution in [3.63, 3.8) is 0 Å². The standard InChI is InChI=1S/C17H17N5O2/c1-12-4-2-3-5-14(12)15(23)9-20-17(24)13-6-7-19-16(8-13)22-11-18-10-21-22/h2-8,10-11,15,23H,9H2,1H3,(H,20,24). The predicted octanol–water partition coefficient (Wildman–Crippen LogP) is 1.43. The molecule has 2 N–H and O–H groups in total. The number of carbonyl (C=O) groups is 1. The Morgan fingerprint density at radius 1 is 1.33 bits per heavy atom. The molecule has 122 valence electrons. The van der Waals surface area contributed by atoms with Crippen LogP contribution in [0.25, 0.3) is 5.82 Å². The van der Waals surface area contributed by atoms with Crippen molar-refractivity contribution in [1.29, 1.82) is 0 Å². The van der Waals surface area contributed by atoms with Gasteiger partial charge in [-0.1, -0.05) is 24.3 Å². The van der Waals surface area contributed by atoms with Gasteiger partial charge in [-0.05, 0) is 30.2 Å². The van der Waals surface area contributed by atoms with Crippen LogP contribution in [0.5, 0.6) is 0 Å². The highest BCUT2D eigenvalue weighted by Gasteiger charge is 2.13. The summed E-state index contributed by atoms with van der Waals surface area (Å²) < 4.78 is 1.47. The Labute approximate surface area is 139 Å². The fourth-order valence-corrected chi connectivity index (χ4v) is 2.37. The smallest absolute Gasteiger partial charge is 0.251 e. The number of hydrogen-bond donors (Lipinski definition) is 2. The van der Waals surface area contributed by atoms with Gasteiger partial charge in [-0.25, -0.2) is 14.6 Å². The van der Waals surface area contributed by atoms with Crippen molar-refractivity contribution in [1.82, 2.24) is 25.1 Å². The SMILES string of the molecule is Cc1ccccc1C(O)CNC(=O)c1ccnc(-n2cncn2)c1. The first kappa shape index (κ1) is 15.8. The lowest BCUT2D eigenvalue weighted by Crippen LogP contribution is -2.28. The second-order valence-corrected chi connectivity index (χ2v) is 5.33. The van der Waals surface area contributed by atoms with Gasteiger partial charge in [0.25, 0.3) is 5.91 Å². The topological polar surface area (TPSA) is 92.9 Å². The minimum atomic E-state index is -0.758. The molecule has 1 atom stereocenters. The molecule has 0 fully saturated rings. The molecule has 0 saturated heterocycles. The first-order chi connectivity index (χ1) is 11.6. The Kier molecular flexibility index (Phi) is 4.62. The lowest BCUT2D eigenvalue weighted by atomic mass is 10.0. The highest BCUT2D eigenvalue weighted by molar-refractivity contribution is 5.94. The summed E-state index contributed by atoms with van der Waals surface area (Å²) in [6.45, 7) is 2.05. The average molecular weight is 323 g/mol. The van der Waals surface area contributed by atoms with Gasteiger partial charge in [-0.3, -0.25) is 4.79 Å². The summed E-state index contributed by atoms with van der Waals surface area (Å²) in [6, 6.07) is 10.8. The number of hydrogen-bond acceptors (Lipinski definition) is 5. The van der Waals surface area contributed by atoms with Crippen molar-refractivity contribution < 1.29 is 9.90 Å². The minimum Gasteiger partial charge on any atom is -0.387 e. The van der Waals surface area contributed by atoms with Gasteiger partial charge in [0.15, 0.2) is 5.82 Å². The highest BCUT2D eigenvalue weighted by Crippen LogP contribution is 2.16. The number of carbonyl (C=O) groups excluding carboxylic acids is 1. The first-order valence-corrected chi connectivity index (χ1v) is 7.48. The second-order valence-electron chi connectivity index (χ2n) is 5.33. The molecule has 7 nitrogen and oxygen atoms in total. The fraction of sp³-hybridized carbons (Fsp3) is 0.176. The number of aliphatic hydroxyl groups is 1. The first-order valence-electron chi connectivity index (χ1n) is 7.48. The normalized spacial score (nSPS) is 11.9. The van der Waals surface area contributed by atoms with Crippen molar-refractivity contribution in [3.8, 4) is 5.82 Å². The number of nitrogens with zero attached hydrogens (tertiary/aromatic N) is 4. The monoisotopic (exact) mass is 323 g/mol. The molecule has 3 rings (SSSR count). The van der Waals surface area contributed by atoms with Gasteiger partial charge in [0.1, 0.15) is 12.7 Å². The van der Waals surface area contributed by atoms with Gasteiger partial charge in [-0.15, -0.1) is 0 Å². The molecular weight excluding hydrogens is 306 g/mol. The molecule has 1 aromatic carbocycles. The van der Waals surface area contributed by atoms with Crippen molar-refractivity contribution in [2.75, 3.05) is 6.54 Å². The molecule has 0 radical (unpaired) electrons. The maximum atomic E-state index is 12.3. The Morgan fingerprint density at radius 2 is 2.17 bits per heavy atom. The zero-order valence-corrected chi connectivity index (χ0v) is 13.1. The van der Waals surface area contributed by atoms with E-state index in [0.717, 1.165) is 11.1 Å². The van der Waals surface area contributed by atoms with Crippen LogP contribution >= 0.6 is 0 Å². The highest BCUT2D eigenvalue weighted by atomic mass is 16.3. The molecule has 0 spiro atoms. The molecule has 0 saturated carbocycles. The third kappa shape index (κ3) is 3.47. The third-order valence-electron chi connectivity index (χ3n) is 3.66. The number of pyridine rings is 1. The summed E-state index contributed by atoms with van der Waals surface area (Å²) in [7, 11) is 0. The zero-order chi connectivity index (χ0) is 16.9. The van der Waals surface area contributed by atoms with E-state index in [1.807, 2.05) is 31.2 Å². The van der Waals surface area contributed by atoms with Crippen LogP contribution in [0.2, 0.25) is 0 Å². The van der Waals surface area contributed by atoms with Crippen molar-refractivity contribution in [2.45, 2.75) is 13.0 Å². The number of amides is 1. The van der Waals surface area contributed by atoms with Crippen LogP contribution in [0.15, 0.2) is 55.2 Å². The lowest BCUT2D eigenvalue weighted by molar-refractivity contribution is 0.0916. The summed E-state index contributed by atoms with van der Waals surface area (Å²) in [4.78, 5) is 20.3. The van der Waals surface area contributed by atoms with E-state index in [0.29, 0.717) is 11.4 Å². The van der Waals surface area contributed by atoms with E-state index in [1.165, 1.54) is 23.5 Å². The van der Waals surface area contributed by atoms with E-state index in [9.17, 15) is 9.90 Å². The van der Waals surface area contributed by atoms with Crippen LogP contribution in [-0.4, -0.2) is 37.3 Å². The number of nitrogens with one attached hydrogen (secondary N) is 1. The molecule has 0 bridgehead atoms. The molecule has 7 heteroatoms. The van der Waals surface area contributed by atoms with Gasteiger partial charge < -0.3 is 10.4 Å². The number of aryl methyl sites for hydroxylation is 1. The summed E-state index contributed by atoms with van der Waals surface area (Å²) in [5.74, 6) is 0.214. The van der Waals surface area contributed by atoms with Crippen LogP contribution in [0, 0.1) is 6.92 Å². The molecule has 24 heavy (non-hydrogen) atoms. The average Bonchev–Trinajstić information content (AvgIpc) is 3.14. The van der Waals surface area contributed by atoms with Crippen LogP contribution < -0.4 is 5.32 Å². The van der Waals surface area contributed by atoms with Gasteiger partial charge in [0, 0.05) is 18.3 Å². The Balaban J connectivity index is 1.67. The number of rotatable bonds is 5. The molecular formula is C17H17N5O2. The maximum absolute atomic E-state index is 12.3. The lowest BCUT2D eigenvalue weighted by Gasteiger charge is -2.14. The van der Waals surface area contributed by atoms with E-state index in [1.54, 1.807) is 12.1 Å². The summed E-state index contributed by atoms with van der Waals surface area (Å²) in [5, 5.41) is 17.0. The quantitative estimate of drug-likeness (QED) is 0.741. The third-order valence-corrected chi connectivity index (χ3v) is 3.66. The Morgan fingerprint density at radius 3 is 2.92 bits per heavy atom. The summed E-state index contributed by atoms with van der Waals surface area (Å²) in [5.41, 5.74) is 2.22. The van der Waals surface area contributed by atoms with Crippen LogP contribution in [-0.2, 0) is 0 Å². The summed E-state index contributed by atoms with van der Waals surface area (Å²) >= 11 is 0. The summed E-state index contributed by atoms with van der Waals surface area (Å²) in [6.07, 6.45) is 3.68. The van der Waals surface area contributed by atoms with Gasteiger partial charge >= 0.3 is 0 Å². The van der Waals surface area contributed by atoms with E-state index >= 15 is 0 Å². The van der Waals surface area contributed by atoms with Crippen LogP contribution in [0.3, 0.4) is 0 Å². The van der Waals surface area contributed by atoms with Crippen molar-refractivity contribution >= 4 is 5.91 Å². The number of aliphatic hydroxyl groups excluding tert-OH is 1. The molecule has 2 heterocycles. The Hall–Kier alpha value is -3.06. The molecule has 2 aromatic heterocycles. The molecule has 0 aliphatic rings. The van der Waals surface area contributed by atoms with Gasteiger partial charge in [0.2, 0.25) is 0 Å². The molecule has 0 aliphatic heterocycles. The zero-order valence-electron chi connectivity index (χ0n) is 13.1.